The van der Waals surface area contributed by atoms with Gasteiger partial charge >= 0.3 is 0 Å². The molecular formula is C16H21N3. The van der Waals surface area contributed by atoms with Crippen LogP contribution in [-0.2, 0) is 6.42 Å². The minimum Gasteiger partial charge on any atom is -0.314 e. The average molecular weight is 255 g/mol. The summed E-state index contributed by atoms with van der Waals surface area (Å²) in [6, 6.07) is 11.1. The first-order chi connectivity index (χ1) is 9.25. The van der Waals surface area contributed by atoms with Crippen molar-refractivity contribution in [3.8, 4) is 5.69 Å². The largest absolute Gasteiger partial charge is 0.314 e. The van der Waals surface area contributed by atoms with E-state index in [1.54, 1.807) is 0 Å². The normalized spacial score (nSPS) is 14.8. The first-order valence-corrected chi connectivity index (χ1v) is 7.09. The van der Waals surface area contributed by atoms with Gasteiger partial charge in [0, 0.05) is 11.7 Å². The van der Waals surface area contributed by atoms with Crippen molar-refractivity contribution in [2.75, 3.05) is 6.54 Å². The van der Waals surface area contributed by atoms with Crippen molar-refractivity contribution in [3.05, 3.63) is 47.3 Å². The fraction of sp³-hybridized carbons (Fsp3) is 0.438. The maximum atomic E-state index is 4.68. The summed E-state index contributed by atoms with van der Waals surface area (Å²) >= 11 is 0. The Morgan fingerprint density at radius 2 is 1.95 bits per heavy atom. The third-order valence-corrected chi connectivity index (χ3v) is 3.83. The van der Waals surface area contributed by atoms with Crippen molar-refractivity contribution < 1.29 is 0 Å². The van der Waals surface area contributed by atoms with Gasteiger partial charge < -0.3 is 5.32 Å². The van der Waals surface area contributed by atoms with Crippen LogP contribution in [0.2, 0.25) is 0 Å². The first-order valence-electron chi connectivity index (χ1n) is 7.09. The molecule has 1 heterocycles. The Bertz CT molecular complexity index is 553. The molecule has 1 aliphatic rings. The summed E-state index contributed by atoms with van der Waals surface area (Å²) in [4.78, 5) is 0. The Balaban J connectivity index is 1.79. The second-order valence-corrected chi connectivity index (χ2v) is 5.38. The summed E-state index contributed by atoms with van der Waals surface area (Å²) in [7, 11) is 0. The van der Waals surface area contributed by atoms with Crippen LogP contribution in [0.4, 0.5) is 0 Å². The molecule has 3 rings (SSSR count). The third kappa shape index (κ3) is 2.71. The third-order valence-electron chi connectivity index (χ3n) is 3.83. The molecule has 0 unspecified atom stereocenters. The van der Waals surface area contributed by atoms with E-state index in [1.807, 2.05) is 6.07 Å². The van der Waals surface area contributed by atoms with Gasteiger partial charge in [-0.05, 0) is 57.4 Å². The van der Waals surface area contributed by atoms with Crippen LogP contribution in [-0.4, -0.2) is 22.4 Å². The van der Waals surface area contributed by atoms with Gasteiger partial charge in [-0.3, -0.25) is 0 Å². The molecule has 0 amide bonds. The van der Waals surface area contributed by atoms with Crippen LogP contribution in [0.25, 0.3) is 5.69 Å². The minimum absolute atomic E-state index is 0.782. The van der Waals surface area contributed by atoms with E-state index in [4.69, 9.17) is 0 Å². The van der Waals surface area contributed by atoms with Crippen LogP contribution in [0, 0.1) is 13.8 Å². The Kier molecular flexibility index (Phi) is 3.38. The van der Waals surface area contributed by atoms with Crippen LogP contribution in [0.1, 0.15) is 29.8 Å². The van der Waals surface area contributed by atoms with E-state index in [0.29, 0.717) is 0 Å². The average Bonchev–Trinajstić information content (AvgIpc) is 3.20. The highest BCUT2D eigenvalue weighted by molar-refractivity contribution is 5.37. The number of nitrogens with zero attached hydrogens (tertiary/aromatic N) is 2. The van der Waals surface area contributed by atoms with E-state index in [1.165, 1.54) is 24.1 Å². The predicted molar refractivity (Wildman–Crippen MR) is 77.8 cm³/mol. The SMILES string of the molecule is Cc1nn(-c2ccccc2)c(C)c1CCNC1CC1. The fourth-order valence-electron chi connectivity index (χ4n) is 2.55. The Labute approximate surface area is 114 Å². The highest BCUT2D eigenvalue weighted by Gasteiger charge is 2.20. The highest BCUT2D eigenvalue weighted by atomic mass is 15.3. The lowest BCUT2D eigenvalue weighted by Gasteiger charge is -2.06. The molecule has 1 fully saturated rings. The van der Waals surface area contributed by atoms with Crippen molar-refractivity contribution in [2.24, 2.45) is 0 Å². The molecule has 3 nitrogen and oxygen atoms in total. The zero-order chi connectivity index (χ0) is 13.2. The lowest BCUT2D eigenvalue weighted by molar-refractivity contribution is 0.679. The van der Waals surface area contributed by atoms with Crippen molar-refractivity contribution in [3.63, 3.8) is 0 Å². The predicted octanol–water partition coefficient (Wildman–Crippen LogP) is 2.78. The maximum Gasteiger partial charge on any atom is 0.0648 e. The van der Waals surface area contributed by atoms with E-state index in [0.717, 1.165) is 30.4 Å². The standard InChI is InChI=1S/C16H21N3/c1-12-16(10-11-17-14-8-9-14)13(2)19(18-12)15-6-4-3-5-7-15/h3-7,14,17H,8-11H2,1-2H3. The van der Waals surface area contributed by atoms with Gasteiger partial charge in [0.15, 0.2) is 0 Å². The van der Waals surface area contributed by atoms with Gasteiger partial charge in [-0.2, -0.15) is 5.10 Å². The number of aryl methyl sites for hydroxylation is 1. The maximum absolute atomic E-state index is 4.68. The molecule has 0 radical (unpaired) electrons. The smallest absolute Gasteiger partial charge is 0.0648 e. The van der Waals surface area contributed by atoms with Crippen LogP contribution in [0.15, 0.2) is 30.3 Å². The van der Waals surface area contributed by atoms with Crippen LogP contribution in [0.3, 0.4) is 0 Å². The number of nitrogens with one attached hydrogen (secondary N) is 1. The molecule has 1 aliphatic carbocycles. The van der Waals surface area contributed by atoms with Crippen molar-refractivity contribution in [2.45, 2.75) is 39.2 Å². The molecule has 0 aliphatic heterocycles. The summed E-state index contributed by atoms with van der Waals surface area (Å²) in [5.41, 5.74) is 4.95. The molecule has 1 saturated carbocycles. The van der Waals surface area contributed by atoms with Gasteiger partial charge in [0.05, 0.1) is 11.4 Å². The van der Waals surface area contributed by atoms with E-state index < -0.39 is 0 Å². The van der Waals surface area contributed by atoms with Gasteiger partial charge in [-0.15, -0.1) is 0 Å². The zero-order valence-electron chi connectivity index (χ0n) is 11.7. The minimum atomic E-state index is 0.782. The zero-order valence-corrected chi connectivity index (χ0v) is 11.7. The van der Waals surface area contributed by atoms with Gasteiger partial charge in [-0.25, -0.2) is 4.68 Å². The molecule has 1 N–H and O–H groups in total. The quantitative estimate of drug-likeness (QED) is 0.890. The molecule has 1 aromatic heterocycles. The van der Waals surface area contributed by atoms with E-state index in [-0.39, 0.29) is 0 Å². The molecule has 100 valence electrons. The number of hydrogen-bond acceptors (Lipinski definition) is 2. The lowest BCUT2D eigenvalue weighted by Crippen LogP contribution is -2.19. The van der Waals surface area contributed by atoms with Gasteiger partial charge in [0.2, 0.25) is 0 Å². The van der Waals surface area contributed by atoms with Gasteiger partial charge in [-0.1, -0.05) is 18.2 Å². The second kappa shape index (κ2) is 5.17. The Hall–Kier alpha value is -1.61. The number of para-hydroxylation sites is 1. The lowest BCUT2D eigenvalue weighted by atomic mass is 10.1. The van der Waals surface area contributed by atoms with Crippen LogP contribution >= 0.6 is 0 Å². The molecule has 0 atom stereocenters. The molecule has 1 aromatic carbocycles. The Morgan fingerprint density at radius 1 is 1.21 bits per heavy atom. The number of rotatable bonds is 5. The van der Waals surface area contributed by atoms with Crippen molar-refractivity contribution >= 4 is 0 Å². The second-order valence-electron chi connectivity index (χ2n) is 5.38. The Morgan fingerprint density at radius 3 is 2.63 bits per heavy atom. The van der Waals surface area contributed by atoms with Crippen LogP contribution < -0.4 is 5.32 Å². The first kappa shape index (κ1) is 12.4. The molecule has 3 heteroatoms. The molecule has 19 heavy (non-hydrogen) atoms. The topological polar surface area (TPSA) is 29.9 Å². The van der Waals surface area contributed by atoms with Crippen LogP contribution in [0.5, 0.6) is 0 Å². The van der Waals surface area contributed by atoms with E-state index in [2.05, 4.69) is 53.2 Å². The monoisotopic (exact) mass is 255 g/mol. The molecule has 0 saturated heterocycles. The van der Waals surface area contributed by atoms with Crippen molar-refractivity contribution in [1.29, 1.82) is 0 Å². The molecule has 0 bridgehead atoms. The van der Waals surface area contributed by atoms with Gasteiger partial charge in [0.25, 0.3) is 0 Å². The summed E-state index contributed by atoms with van der Waals surface area (Å²) < 4.78 is 2.06. The van der Waals surface area contributed by atoms with Crippen molar-refractivity contribution in [1.82, 2.24) is 15.1 Å². The summed E-state index contributed by atoms with van der Waals surface area (Å²) in [5.74, 6) is 0. The molecular weight excluding hydrogens is 234 g/mol. The highest BCUT2D eigenvalue weighted by Crippen LogP contribution is 2.20. The summed E-state index contributed by atoms with van der Waals surface area (Å²) in [6.45, 7) is 5.34. The summed E-state index contributed by atoms with van der Waals surface area (Å²) in [6.07, 6.45) is 3.77. The summed E-state index contributed by atoms with van der Waals surface area (Å²) in [5, 5.41) is 8.25. The molecule has 2 aromatic rings. The number of benzene rings is 1. The fourth-order valence-corrected chi connectivity index (χ4v) is 2.55. The number of hydrogen-bond donors (Lipinski definition) is 1. The van der Waals surface area contributed by atoms with E-state index in [9.17, 15) is 0 Å². The van der Waals surface area contributed by atoms with Gasteiger partial charge in [0.1, 0.15) is 0 Å². The van der Waals surface area contributed by atoms with E-state index >= 15 is 0 Å². The number of aromatic nitrogens is 2. The molecule has 0 spiro atoms.